The van der Waals surface area contributed by atoms with E-state index >= 15 is 0 Å². The number of nitrogens with one attached hydrogen (secondary N) is 1. The Hall–Kier alpha value is -4.10. The zero-order valence-electron chi connectivity index (χ0n) is 25.5. The van der Waals surface area contributed by atoms with Crippen molar-refractivity contribution in [2.24, 2.45) is 0 Å². The average molecular weight is 646 g/mol. The summed E-state index contributed by atoms with van der Waals surface area (Å²) >= 11 is 1.53. The van der Waals surface area contributed by atoms with Crippen LogP contribution in [0.5, 0.6) is 0 Å². The van der Waals surface area contributed by atoms with E-state index in [9.17, 15) is 14.7 Å². The van der Waals surface area contributed by atoms with E-state index in [1.54, 1.807) is 4.68 Å². The molecule has 1 fully saturated rings. The van der Waals surface area contributed by atoms with Crippen molar-refractivity contribution in [1.29, 1.82) is 0 Å². The van der Waals surface area contributed by atoms with Crippen LogP contribution in [0, 0.1) is 0 Å². The van der Waals surface area contributed by atoms with Crippen molar-refractivity contribution >= 4 is 23.6 Å². The van der Waals surface area contributed by atoms with Gasteiger partial charge < -0.3 is 25.0 Å². The van der Waals surface area contributed by atoms with Crippen molar-refractivity contribution in [3.05, 3.63) is 101 Å². The molecule has 1 saturated heterocycles. The van der Waals surface area contributed by atoms with Crippen molar-refractivity contribution in [3.8, 4) is 5.69 Å². The summed E-state index contributed by atoms with van der Waals surface area (Å²) in [7, 11) is 0. The van der Waals surface area contributed by atoms with Gasteiger partial charge >= 0.3 is 5.97 Å². The molecule has 11 nitrogen and oxygen atoms in total. The number of ether oxygens (including phenoxy) is 2. The van der Waals surface area contributed by atoms with Gasteiger partial charge in [0.1, 0.15) is 0 Å². The number of aliphatic hydroxyl groups is 1. The maximum atomic E-state index is 12.3. The van der Waals surface area contributed by atoms with Gasteiger partial charge in [-0.1, -0.05) is 91.3 Å². The summed E-state index contributed by atoms with van der Waals surface area (Å²) in [6.45, 7) is 0.397. The molecule has 2 heterocycles. The molecular weight excluding hydrogens is 606 g/mol. The fraction of sp³-hybridized carbons (Fsp3) is 0.382. The van der Waals surface area contributed by atoms with E-state index in [1.807, 2.05) is 78.9 Å². The number of unbranched alkanes of at least 4 members (excludes halogenated alkanes) is 3. The van der Waals surface area contributed by atoms with Gasteiger partial charge in [0.05, 0.1) is 24.5 Å². The Morgan fingerprint density at radius 1 is 0.870 bits per heavy atom. The van der Waals surface area contributed by atoms with Crippen molar-refractivity contribution in [3.63, 3.8) is 0 Å². The van der Waals surface area contributed by atoms with E-state index in [0.29, 0.717) is 36.7 Å². The lowest BCUT2D eigenvalue weighted by molar-refractivity contribution is -0.245. The highest BCUT2D eigenvalue weighted by molar-refractivity contribution is 7.99. The Kier molecular flexibility index (Phi) is 12.3. The summed E-state index contributed by atoms with van der Waals surface area (Å²) in [5.41, 5.74) is 4.57. The van der Waals surface area contributed by atoms with E-state index in [1.165, 1.54) is 11.8 Å². The molecule has 3 atom stereocenters. The van der Waals surface area contributed by atoms with E-state index in [0.717, 1.165) is 47.2 Å². The minimum absolute atomic E-state index is 0.0186. The maximum absolute atomic E-state index is 12.3. The zero-order valence-corrected chi connectivity index (χ0v) is 26.3. The number of nitrogens with zero attached hydrogens (tertiary/aromatic N) is 4. The third-order valence-corrected chi connectivity index (χ3v) is 8.79. The molecule has 4 aromatic rings. The molecular formula is C34H39N5O6S. The number of aliphatic carboxylic acids is 1. The smallest absolute Gasteiger partial charge is 0.303 e. The SMILES string of the molecule is O=C(O)CCCCCCC(=O)NCc1ccc([C@@H]2O[C@H](CSc3nnnn3-c3ccccc3)C[C@H](c3ccc(CO)cc3)O2)cc1. The molecule has 46 heavy (non-hydrogen) atoms. The Labute approximate surface area is 272 Å². The summed E-state index contributed by atoms with van der Waals surface area (Å²) in [5.74, 6) is -0.187. The number of carboxylic acids is 1. The molecule has 0 spiro atoms. The Morgan fingerprint density at radius 2 is 1.57 bits per heavy atom. The van der Waals surface area contributed by atoms with Crippen LogP contribution in [-0.4, -0.2) is 54.2 Å². The first-order valence-corrected chi connectivity index (χ1v) is 16.5. The molecule has 5 rings (SSSR count). The number of thioether (sulfide) groups is 1. The fourth-order valence-corrected chi connectivity index (χ4v) is 6.10. The highest BCUT2D eigenvalue weighted by Crippen LogP contribution is 2.39. The number of rotatable bonds is 16. The molecule has 0 bridgehead atoms. The van der Waals surface area contributed by atoms with Crippen LogP contribution in [0.4, 0.5) is 0 Å². The van der Waals surface area contributed by atoms with Crippen LogP contribution < -0.4 is 5.32 Å². The average Bonchev–Trinajstić information content (AvgIpc) is 3.57. The number of carbonyl (C=O) groups excluding carboxylic acids is 1. The molecule has 0 saturated carbocycles. The summed E-state index contributed by atoms with van der Waals surface area (Å²) in [6, 6.07) is 25.4. The highest BCUT2D eigenvalue weighted by atomic mass is 32.2. The largest absolute Gasteiger partial charge is 0.481 e. The van der Waals surface area contributed by atoms with E-state index in [4.69, 9.17) is 14.6 Å². The molecule has 1 aliphatic rings. The third-order valence-electron chi connectivity index (χ3n) is 7.74. The molecule has 3 aromatic carbocycles. The monoisotopic (exact) mass is 645 g/mol. The number of carboxylic acid groups (broad SMARTS) is 1. The first kappa shape index (κ1) is 33.3. The predicted molar refractivity (Wildman–Crippen MR) is 172 cm³/mol. The van der Waals surface area contributed by atoms with Crippen molar-refractivity contribution in [2.75, 3.05) is 5.75 Å². The van der Waals surface area contributed by atoms with E-state index in [-0.39, 0.29) is 31.1 Å². The van der Waals surface area contributed by atoms with Crippen molar-refractivity contribution < 1.29 is 29.3 Å². The van der Waals surface area contributed by atoms with E-state index in [2.05, 4.69) is 20.8 Å². The first-order valence-electron chi connectivity index (χ1n) is 15.5. The van der Waals surface area contributed by atoms with Gasteiger partial charge in [0.25, 0.3) is 0 Å². The second kappa shape index (κ2) is 17.0. The second-order valence-corrected chi connectivity index (χ2v) is 12.2. The molecule has 0 radical (unpaired) electrons. The van der Waals surface area contributed by atoms with Gasteiger partial charge in [0.2, 0.25) is 11.1 Å². The Morgan fingerprint density at radius 3 is 2.28 bits per heavy atom. The number of benzene rings is 3. The standard InChI is InChI=1S/C34H39N5O6S/c40-22-25-14-16-26(17-15-25)30-20-29(23-46-34-36-37-38-39(34)28-8-4-3-5-9-28)44-33(45-30)27-18-12-24(13-19-27)21-35-31(41)10-6-1-2-7-11-32(42)43/h3-5,8-9,12-19,29-30,33,40H,1-2,6-7,10-11,20-23H2,(H,35,41)(H,42,43)/t29-,30+,33+/m0/s1. The highest BCUT2D eigenvalue weighted by Gasteiger charge is 2.32. The van der Waals surface area contributed by atoms with Gasteiger partial charge in [-0.25, -0.2) is 0 Å². The number of para-hydroxylation sites is 1. The molecule has 0 aliphatic carbocycles. The minimum Gasteiger partial charge on any atom is -0.481 e. The third kappa shape index (κ3) is 9.70. The zero-order chi connectivity index (χ0) is 32.1. The van der Waals surface area contributed by atoms with Gasteiger partial charge in [-0.05, 0) is 52.1 Å². The summed E-state index contributed by atoms with van der Waals surface area (Å²) in [5, 5.41) is 34.1. The van der Waals surface area contributed by atoms with Gasteiger partial charge in [-0.3, -0.25) is 9.59 Å². The number of amides is 1. The van der Waals surface area contributed by atoms with Crippen molar-refractivity contribution in [1.82, 2.24) is 25.5 Å². The lowest BCUT2D eigenvalue weighted by Gasteiger charge is -2.36. The summed E-state index contributed by atoms with van der Waals surface area (Å²) in [4.78, 5) is 22.9. The minimum atomic E-state index is -0.781. The van der Waals surface area contributed by atoms with Crippen molar-refractivity contribution in [2.45, 2.75) is 81.8 Å². The van der Waals surface area contributed by atoms with Crippen LogP contribution in [0.15, 0.2) is 84.0 Å². The normalized spacial score (nSPS) is 17.9. The molecule has 1 aromatic heterocycles. The number of tetrazole rings is 1. The number of carbonyl (C=O) groups is 2. The van der Waals surface area contributed by atoms with Crippen LogP contribution in [0.25, 0.3) is 5.69 Å². The van der Waals surface area contributed by atoms with Gasteiger partial charge in [0, 0.05) is 37.1 Å². The van der Waals surface area contributed by atoms with Crippen LogP contribution in [0.1, 0.15) is 79.6 Å². The lowest BCUT2D eigenvalue weighted by atomic mass is 10.0. The first-order chi connectivity index (χ1) is 22.5. The lowest BCUT2D eigenvalue weighted by Crippen LogP contribution is -2.31. The molecule has 242 valence electrons. The number of hydrogen-bond donors (Lipinski definition) is 3. The topological polar surface area (TPSA) is 149 Å². The molecule has 1 amide bonds. The molecule has 0 unspecified atom stereocenters. The Balaban J connectivity index is 1.19. The second-order valence-electron chi connectivity index (χ2n) is 11.2. The van der Waals surface area contributed by atoms with Crippen LogP contribution in [0.2, 0.25) is 0 Å². The number of aromatic nitrogens is 4. The quantitative estimate of drug-likeness (QED) is 0.105. The van der Waals surface area contributed by atoms with Gasteiger partial charge in [-0.2, -0.15) is 4.68 Å². The molecule has 12 heteroatoms. The fourth-order valence-electron chi connectivity index (χ4n) is 5.19. The summed E-state index contributed by atoms with van der Waals surface area (Å²) < 4.78 is 14.7. The molecule has 3 N–H and O–H groups in total. The number of aliphatic hydroxyl groups excluding tert-OH is 1. The number of hydrogen-bond acceptors (Lipinski definition) is 9. The van der Waals surface area contributed by atoms with E-state index < -0.39 is 12.3 Å². The van der Waals surface area contributed by atoms with Crippen LogP contribution in [0.3, 0.4) is 0 Å². The molecule has 1 aliphatic heterocycles. The maximum Gasteiger partial charge on any atom is 0.303 e. The van der Waals surface area contributed by atoms with Gasteiger partial charge in [-0.15, -0.1) is 5.10 Å². The Bertz CT molecular complexity index is 1530. The van der Waals surface area contributed by atoms with Crippen LogP contribution in [-0.2, 0) is 32.2 Å². The predicted octanol–water partition coefficient (Wildman–Crippen LogP) is 5.53. The van der Waals surface area contributed by atoms with Gasteiger partial charge in [0.15, 0.2) is 6.29 Å². The van der Waals surface area contributed by atoms with Crippen LogP contribution >= 0.6 is 11.8 Å². The summed E-state index contributed by atoms with van der Waals surface area (Å²) in [6.07, 6.45) is 3.30.